The second-order valence-corrected chi connectivity index (χ2v) is 9.62. The predicted molar refractivity (Wildman–Crippen MR) is 147 cm³/mol. The molecule has 0 bridgehead atoms. The maximum atomic E-state index is 13.1. The molecule has 0 aromatic heterocycles. The number of carboxylic acids is 1. The SMILES string of the molecule is CCOC(Cc1ccc(OCCN(CCCCOc2ccccc2)C(=O)NC2CCCCC2)cc1)C(=O)O. The molecule has 2 aromatic rings. The average Bonchev–Trinajstić information content (AvgIpc) is 2.93. The quantitative estimate of drug-likeness (QED) is 0.288. The average molecular weight is 527 g/mol. The second-order valence-electron chi connectivity index (χ2n) is 9.62. The molecule has 1 unspecified atom stereocenters. The number of nitrogens with one attached hydrogen (secondary N) is 1. The van der Waals surface area contributed by atoms with E-state index in [0.717, 1.165) is 37.0 Å². The van der Waals surface area contributed by atoms with Gasteiger partial charge in [-0.15, -0.1) is 0 Å². The number of hydrogen-bond donors (Lipinski definition) is 2. The maximum absolute atomic E-state index is 13.1. The van der Waals surface area contributed by atoms with Crippen molar-refractivity contribution in [3.8, 4) is 11.5 Å². The molecule has 0 aliphatic heterocycles. The van der Waals surface area contributed by atoms with E-state index in [-0.39, 0.29) is 12.1 Å². The van der Waals surface area contributed by atoms with E-state index in [4.69, 9.17) is 14.2 Å². The van der Waals surface area contributed by atoms with Crippen molar-refractivity contribution in [2.45, 2.75) is 70.4 Å². The van der Waals surface area contributed by atoms with Crippen molar-refractivity contribution in [3.05, 3.63) is 60.2 Å². The van der Waals surface area contributed by atoms with E-state index in [9.17, 15) is 14.7 Å². The lowest BCUT2D eigenvalue weighted by atomic mass is 9.96. The second kappa shape index (κ2) is 16.6. The van der Waals surface area contributed by atoms with Crippen molar-refractivity contribution < 1.29 is 28.9 Å². The molecule has 208 valence electrons. The lowest BCUT2D eigenvalue weighted by molar-refractivity contribution is -0.149. The van der Waals surface area contributed by atoms with Gasteiger partial charge in [0.25, 0.3) is 0 Å². The van der Waals surface area contributed by atoms with Gasteiger partial charge in [-0.25, -0.2) is 9.59 Å². The van der Waals surface area contributed by atoms with Gasteiger partial charge in [-0.1, -0.05) is 49.6 Å². The summed E-state index contributed by atoms with van der Waals surface area (Å²) >= 11 is 0. The number of aliphatic carboxylic acids is 1. The summed E-state index contributed by atoms with van der Waals surface area (Å²) in [4.78, 5) is 26.2. The smallest absolute Gasteiger partial charge is 0.333 e. The van der Waals surface area contributed by atoms with Gasteiger partial charge in [0.2, 0.25) is 0 Å². The molecular weight excluding hydrogens is 484 g/mol. The number of ether oxygens (including phenoxy) is 3. The Bertz CT molecular complexity index is 947. The van der Waals surface area contributed by atoms with Crippen LogP contribution < -0.4 is 14.8 Å². The van der Waals surface area contributed by atoms with E-state index in [1.807, 2.05) is 59.5 Å². The van der Waals surface area contributed by atoms with Crippen LogP contribution in [-0.2, 0) is 16.0 Å². The molecule has 1 atom stereocenters. The molecule has 1 aliphatic rings. The van der Waals surface area contributed by atoms with E-state index in [1.54, 1.807) is 6.92 Å². The standard InChI is InChI=1S/C30H42N2O6/c1-2-36-28(29(33)34)23-24-15-17-27(18-16-24)38-22-20-32(30(35)31-25-11-5-3-6-12-25)19-9-10-21-37-26-13-7-4-8-14-26/h4,7-8,13-18,25,28H,2-3,5-6,9-12,19-23H2,1H3,(H,31,35)(H,33,34). The number of hydrogen-bond acceptors (Lipinski definition) is 5. The molecule has 1 fully saturated rings. The van der Waals surface area contributed by atoms with Gasteiger partial charge in [-0.05, 0) is 62.4 Å². The van der Waals surface area contributed by atoms with Crippen LogP contribution in [0.1, 0.15) is 57.4 Å². The summed E-state index contributed by atoms with van der Waals surface area (Å²) in [6, 6.07) is 17.3. The third-order valence-corrected chi connectivity index (χ3v) is 6.67. The van der Waals surface area contributed by atoms with Gasteiger partial charge in [0, 0.05) is 25.6 Å². The van der Waals surface area contributed by atoms with Crippen LogP contribution in [0.4, 0.5) is 4.79 Å². The van der Waals surface area contributed by atoms with Gasteiger partial charge in [-0.3, -0.25) is 0 Å². The summed E-state index contributed by atoms with van der Waals surface area (Å²) in [5, 5.41) is 12.5. The van der Waals surface area contributed by atoms with Crippen LogP contribution in [0.25, 0.3) is 0 Å². The zero-order valence-electron chi connectivity index (χ0n) is 22.5. The predicted octanol–water partition coefficient (Wildman–Crippen LogP) is 5.30. The first-order valence-corrected chi connectivity index (χ1v) is 13.8. The zero-order valence-corrected chi connectivity index (χ0v) is 22.5. The molecule has 1 aliphatic carbocycles. The summed E-state index contributed by atoms with van der Waals surface area (Å²) in [6.07, 6.45) is 6.78. The van der Waals surface area contributed by atoms with Crippen LogP contribution in [0.3, 0.4) is 0 Å². The van der Waals surface area contributed by atoms with Crippen LogP contribution in [-0.4, -0.2) is 67.1 Å². The highest BCUT2D eigenvalue weighted by atomic mass is 16.5. The minimum absolute atomic E-state index is 0.0320. The minimum Gasteiger partial charge on any atom is -0.494 e. The molecule has 0 spiro atoms. The van der Waals surface area contributed by atoms with Crippen molar-refractivity contribution in [2.24, 2.45) is 0 Å². The Morgan fingerprint density at radius 2 is 1.61 bits per heavy atom. The van der Waals surface area contributed by atoms with Crippen LogP contribution in [0.2, 0.25) is 0 Å². The molecule has 0 saturated heterocycles. The van der Waals surface area contributed by atoms with E-state index >= 15 is 0 Å². The van der Waals surface area contributed by atoms with Crippen molar-refractivity contribution in [2.75, 3.05) is 32.9 Å². The van der Waals surface area contributed by atoms with E-state index in [2.05, 4.69) is 5.32 Å². The number of carboxylic acid groups (broad SMARTS) is 1. The fourth-order valence-corrected chi connectivity index (χ4v) is 4.57. The van der Waals surface area contributed by atoms with Crippen molar-refractivity contribution in [3.63, 3.8) is 0 Å². The number of nitrogens with zero attached hydrogens (tertiary/aromatic N) is 1. The highest BCUT2D eigenvalue weighted by Gasteiger charge is 2.20. The Morgan fingerprint density at radius 3 is 2.29 bits per heavy atom. The molecule has 1 saturated carbocycles. The maximum Gasteiger partial charge on any atom is 0.333 e. The summed E-state index contributed by atoms with van der Waals surface area (Å²) in [7, 11) is 0. The van der Waals surface area contributed by atoms with Crippen molar-refractivity contribution in [1.29, 1.82) is 0 Å². The zero-order chi connectivity index (χ0) is 27.0. The lowest BCUT2D eigenvalue weighted by Crippen LogP contribution is -2.47. The van der Waals surface area contributed by atoms with Crippen LogP contribution >= 0.6 is 0 Å². The monoisotopic (exact) mass is 526 g/mol. The molecule has 8 nitrogen and oxygen atoms in total. The molecule has 38 heavy (non-hydrogen) atoms. The van der Waals surface area contributed by atoms with Gasteiger partial charge in [0.15, 0.2) is 6.10 Å². The van der Waals surface area contributed by atoms with Crippen molar-refractivity contribution in [1.82, 2.24) is 10.2 Å². The van der Waals surface area contributed by atoms with Gasteiger partial charge >= 0.3 is 12.0 Å². The molecule has 2 amide bonds. The highest BCUT2D eigenvalue weighted by molar-refractivity contribution is 5.74. The van der Waals surface area contributed by atoms with Crippen LogP contribution in [0.15, 0.2) is 54.6 Å². The molecule has 0 radical (unpaired) electrons. The van der Waals surface area contributed by atoms with E-state index in [0.29, 0.717) is 45.1 Å². The van der Waals surface area contributed by atoms with Crippen LogP contribution in [0, 0.1) is 0 Å². The number of benzene rings is 2. The Kier molecular flexibility index (Phi) is 12.8. The Hall–Kier alpha value is -3.26. The third kappa shape index (κ3) is 10.6. The number of carbonyl (C=O) groups excluding carboxylic acids is 1. The molecular formula is C30H42N2O6. The normalized spacial score (nSPS) is 14.4. The summed E-state index contributed by atoms with van der Waals surface area (Å²) < 4.78 is 17.0. The first-order valence-electron chi connectivity index (χ1n) is 13.8. The number of rotatable bonds is 16. The van der Waals surface area contributed by atoms with Crippen molar-refractivity contribution >= 4 is 12.0 Å². The number of unbranched alkanes of at least 4 members (excludes halogenated alkanes) is 1. The third-order valence-electron chi connectivity index (χ3n) is 6.67. The number of para-hydroxylation sites is 1. The molecule has 2 N–H and O–H groups in total. The lowest BCUT2D eigenvalue weighted by Gasteiger charge is -2.28. The Labute approximate surface area is 226 Å². The fourth-order valence-electron chi connectivity index (χ4n) is 4.57. The largest absolute Gasteiger partial charge is 0.494 e. The number of amides is 2. The summed E-state index contributed by atoms with van der Waals surface area (Å²) in [6.45, 7) is 4.22. The summed E-state index contributed by atoms with van der Waals surface area (Å²) in [5.74, 6) is 0.571. The number of urea groups is 1. The number of carbonyl (C=O) groups is 2. The fraction of sp³-hybridized carbons (Fsp3) is 0.533. The van der Waals surface area contributed by atoms with E-state index < -0.39 is 12.1 Å². The molecule has 2 aromatic carbocycles. The topological polar surface area (TPSA) is 97.3 Å². The first-order chi connectivity index (χ1) is 18.5. The highest BCUT2D eigenvalue weighted by Crippen LogP contribution is 2.18. The summed E-state index contributed by atoms with van der Waals surface area (Å²) in [5.41, 5.74) is 0.865. The first kappa shape index (κ1) is 29.3. The van der Waals surface area contributed by atoms with E-state index in [1.165, 1.54) is 19.3 Å². The molecule has 0 heterocycles. The van der Waals surface area contributed by atoms with Crippen LogP contribution in [0.5, 0.6) is 11.5 Å². The Balaban J connectivity index is 1.46. The van der Waals surface area contributed by atoms with Gasteiger partial charge < -0.3 is 29.5 Å². The van der Waals surface area contributed by atoms with Gasteiger partial charge in [0.05, 0.1) is 13.2 Å². The molecule has 8 heteroatoms. The molecule has 3 rings (SSSR count). The minimum atomic E-state index is -0.967. The van der Waals surface area contributed by atoms with Gasteiger partial charge in [0.1, 0.15) is 18.1 Å². The van der Waals surface area contributed by atoms with Gasteiger partial charge in [-0.2, -0.15) is 0 Å². The Morgan fingerprint density at radius 1 is 0.921 bits per heavy atom.